The number of anilines is 1. The average molecular weight is 419 g/mol. The molecule has 1 aliphatic heterocycles. The molecule has 0 spiro atoms. The monoisotopic (exact) mass is 418 g/mol. The molecule has 0 unspecified atom stereocenters. The molecule has 2 rings (SSSR count). The fourth-order valence-electron chi connectivity index (χ4n) is 1.85. The largest absolute Gasteiger partial charge is 0.381 e. The quantitative estimate of drug-likeness (QED) is 0.573. The second-order valence-corrected chi connectivity index (χ2v) is 5.56. The fraction of sp³-hybridized carbons (Fsp3) is 0.417. The summed E-state index contributed by atoms with van der Waals surface area (Å²) in [6, 6.07) is 2.15. The number of ether oxygens (including phenoxy) is 1. The number of hydrogen-bond acceptors (Lipinski definition) is 3. The second kappa shape index (κ2) is 6.97. The van der Waals surface area contributed by atoms with E-state index in [9.17, 15) is 13.6 Å². The van der Waals surface area contributed by atoms with Crippen LogP contribution in [0.25, 0.3) is 0 Å². The van der Waals surface area contributed by atoms with Crippen LogP contribution in [0.15, 0.2) is 12.1 Å². The maximum atomic E-state index is 13.4. The lowest BCUT2D eigenvalue weighted by molar-refractivity contribution is -0.124. The van der Waals surface area contributed by atoms with Crippen LogP contribution in [0.3, 0.4) is 0 Å². The number of amides is 1. The van der Waals surface area contributed by atoms with Crippen LogP contribution in [0, 0.1) is 15.2 Å². The van der Waals surface area contributed by atoms with Gasteiger partial charge in [-0.05, 0) is 47.6 Å². The molecule has 4 nitrogen and oxygen atoms in total. The highest BCUT2D eigenvalue weighted by Gasteiger charge is 2.36. The maximum Gasteiger partial charge on any atom is 0.244 e. The van der Waals surface area contributed by atoms with Gasteiger partial charge in [0.25, 0.3) is 0 Å². The van der Waals surface area contributed by atoms with Crippen LogP contribution in [0.5, 0.6) is 0 Å². The van der Waals surface area contributed by atoms with Crippen LogP contribution in [-0.2, 0) is 9.53 Å². The van der Waals surface area contributed by atoms with Gasteiger partial charge in [0.1, 0.15) is 17.2 Å². The summed E-state index contributed by atoms with van der Waals surface area (Å²) in [7, 11) is 0. The maximum absolute atomic E-state index is 13.4. The van der Waals surface area contributed by atoms with E-state index in [4.69, 9.17) is 10.5 Å². The molecule has 0 atom stereocenters. The van der Waals surface area contributed by atoms with Gasteiger partial charge in [-0.3, -0.25) is 4.79 Å². The Morgan fingerprint density at radius 1 is 1.30 bits per heavy atom. The summed E-state index contributed by atoms with van der Waals surface area (Å²) in [6.07, 6.45) is 0.766. The Bertz CT molecular complexity index is 487. The van der Waals surface area contributed by atoms with Crippen molar-refractivity contribution in [3.05, 3.63) is 27.3 Å². The summed E-state index contributed by atoms with van der Waals surface area (Å²) in [5.41, 5.74) is 4.99. The summed E-state index contributed by atoms with van der Waals surface area (Å²) in [4.78, 5) is 12.1. The third-order valence-corrected chi connectivity index (χ3v) is 4.11. The van der Waals surface area contributed by atoms with E-state index in [1.165, 1.54) is 0 Å². The highest BCUT2D eigenvalue weighted by Crippen LogP contribution is 2.23. The normalized spacial score (nSPS) is 17.2. The van der Waals surface area contributed by atoms with Crippen LogP contribution in [-0.4, -0.2) is 24.7 Å². The van der Waals surface area contributed by atoms with Crippen molar-refractivity contribution < 1.29 is 18.3 Å². The molecule has 0 bridgehead atoms. The summed E-state index contributed by atoms with van der Waals surface area (Å²) in [6.45, 7) is 0.804. The third kappa shape index (κ3) is 3.78. The van der Waals surface area contributed by atoms with Crippen molar-refractivity contribution in [3.8, 4) is 0 Å². The topological polar surface area (TPSA) is 64.4 Å². The molecule has 20 heavy (non-hydrogen) atoms. The van der Waals surface area contributed by atoms with E-state index in [1.54, 1.807) is 22.6 Å². The summed E-state index contributed by atoms with van der Waals surface area (Å²) < 4.78 is 31.8. The van der Waals surface area contributed by atoms with E-state index in [0.29, 0.717) is 26.1 Å². The van der Waals surface area contributed by atoms with Crippen molar-refractivity contribution in [3.63, 3.8) is 0 Å². The van der Waals surface area contributed by atoms with E-state index in [2.05, 4.69) is 5.32 Å². The molecule has 1 amide bonds. The molecule has 0 aliphatic carbocycles. The first-order valence-corrected chi connectivity index (χ1v) is 6.83. The molecule has 1 aromatic rings. The van der Waals surface area contributed by atoms with E-state index in [1.807, 2.05) is 0 Å². The zero-order chi connectivity index (χ0) is 14.0. The van der Waals surface area contributed by atoms with Crippen LogP contribution >= 0.6 is 35.0 Å². The van der Waals surface area contributed by atoms with E-state index in [0.717, 1.165) is 12.1 Å². The van der Waals surface area contributed by atoms with Crippen LogP contribution < -0.4 is 11.1 Å². The lowest BCUT2D eigenvalue weighted by Gasteiger charge is -2.31. The van der Waals surface area contributed by atoms with Gasteiger partial charge >= 0.3 is 0 Å². The molecule has 1 fully saturated rings. The lowest BCUT2D eigenvalue weighted by atomic mass is 9.90. The van der Waals surface area contributed by atoms with Crippen molar-refractivity contribution in [2.24, 2.45) is 5.73 Å². The molecular formula is C12H14ClF2IN2O2. The molecule has 8 heteroatoms. The minimum atomic E-state index is -1.05. The summed E-state index contributed by atoms with van der Waals surface area (Å²) in [5, 5.41) is 2.46. The Morgan fingerprint density at radius 3 is 2.30 bits per heavy atom. The number of halogens is 4. The number of carbonyl (C=O) groups is 1. The van der Waals surface area contributed by atoms with Crippen LogP contribution in [0.2, 0.25) is 0 Å². The van der Waals surface area contributed by atoms with Gasteiger partial charge in [-0.2, -0.15) is 0 Å². The minimum absolute atomic E-state index is 0. The number of carbonyl (C=O) groups excluding carboxylic acids is 1. The Hall–Kier alpha value is -0.510. The van der Waals surface area contributed by atoms with Crippen LogP contribution in [0.4, 0.5) is 14.5 Å². The van der Waals surface area contributed by atoms with Gasteiger partial charge in [0.2, 0.25) is 5.91 Å². The first-order chi connectivity index (χ1) is 8.92. The molecule has 0 radical (unpaired) electrons. The first-order valence-electron chi connectivity index (χ1n) is 5.75. The molecule has 1 aromatic carbocycles. The predicted molar refractivity (Wildman–Crippen MR) is 81.9 cm³/mol. The van der Waals surface area contributed by atoms with E-state index in [-0.39, 0.29) is 21.7 Å². The molecule has 3 N–H and O–H groups in total. The zero-order valence-corrected chi connectivity index (χ0v) is 13.4. The van der Waals surface area contributed by atoms with Crippen molar-refractivity contribution >= 4 is 46.6 Å². The van der Waals surface area contributed by atoms with Crippen molar-refractivity contribution in [1.82, 2.24) is 0 Å². The highest BCUT2D eigenvalue weighted by molar-refractivity contribution is 14.1. The number of nitrogens with one attached hydrogen (secondary N) is 1. The Morgan fingerprint density at radius 2 is 1.80 bits per heavy atom. The molecule has 1 aliphatic rings. The van der Waals surface area contributed by atoms with Gasteiger partial charge < -0.3 is 15.8 Å². The zero-order valence-electron chi connectivity index (χ0n) is 10.4. The molecule has 1 heterocycles. The molecule has 0 aromatic heterocycles. The Labute approximate surface area is 135 Å². The van der Waals surface area contributed by atoms with Crippen LogP contribution in [0.1, 0.15) is 12.8 Å². The van der Waals surface area contributed by atoms with Gasteiger partial charge in [0.05, 0.1) is 3.57 Å². The van der Waals surface area contributed by atoms with Gasteiger partial charge in [0, 0.05) is 18.9 Å². The molecule has 112 valence electrons. The van der Waals surface area contributed by atoms with Crippen molar-refractivity contribution in [1.29, 1.82) is 0 Å². The van der Waals surface area contributed by atoms with Crippen molar-refractivity contribution in [2.45, 2.75) is 18.4 Å². The van der Waals surface area contributed by atoms with Gasteiger partial charge in [-0.25, -0.2) is 8.78 Å². The second-order valence-electron chi connectivity index (χ2n) is 4.48. The van der Waals surface area contributed by atoms with Crippen molar-refractivity contribution in [2.75, 3.05) is 18.5 Å². The predicted octanol–water partition coefficient (Wildman–Crippen LogP) is 2.44. The minimum Gasteiger partial charge on any atom is -0.381 e. The van der Waals surface area contributed by atoms with E-state index >= 15 is 0 Å². The third-order valence-electron chi connectivity index (χ3n) is 3.08. The Balaban J connectivity index is 0.00000200. The number of benzene rings is 1. The average Bonchev–Trinajstić information content (AvgIpc) is 2.36. The SMILES string of the molecule is Cl.NC1(C(=O)Nc2cc(F)c(I)c(F)c2)CCOCC1. The highest BCUT2D eigenvalue weighted by atomic mass is 127. The molecule has 1 saturated heterocycles. The number of nitrogens with two attached hydrogens (primary N) is 1. The van der Waals surface area contributed by atoms with Gasteiger partial charge in [-0.15, -0.1) is 12.4 Å². The molecular weight excluding hydrogens is 404 g/mol. The van der Waals surface area contributed by atoms with Gasteiger partial charge in [-0.1, -0.05) is 0 Å². The molecule has 0 saturated carbocycles. The first kappa shape index (κ1) is 17.5. The fourth-order valence-corrected chi connectivity index (χ4v) is 2.16. The summed E-state index contributed by atoms with van der Waals surface area (Å²) in [5.74, 6) is -1.88. The van der Waals surface area contributed by atoms with E-state index < -0.39 is 23.1 Å². The Kier molecular flexibility index (Phi) is 6.11. The number of rotatable bonds is 2. The summed E-state index contributed by atoms with van der Waals surface area (Å²) >= 11 is 1.56. The number of hydrogen-bond donors (Lipinski definition) is 2. The standard InChI is InChI=1S/C12H13F2IN2O2.ClH/c13-8-5-7(6-9(14)10(8)15)17-11(18)12(16)1-3-19-4-2-12;/h5-6H,1-4,16H2,(H,17,18);1H. The van der Waals surface area contributed by atoms with Gasteiger partial charge in [0.15, 0.2) is 0 Å². The smallest absolute Gasteiger partial charge is 0.244 e. The lowest BCUT2D eigenvalue weighted by Crippen LogP contribution is -2.54.